The van der Waals surface area contributed by atoms with Crippen molar-refractivity contribution in [3.63, 3.8) is 0 Å². The number of amides is 3. The molecular weight excluding hydrogens is 408 g/mol. The lowest BCUT2D eigenvalue weighted by Gasteiger charge is -2.31. The molecule has 8 nitrogen and oxygen atoms in total. The minimum absolute atomic E-state index is 0.0506. The first-order chi connectivity index (χ1) is 15.0. The molecule has 0 spiro atoms. The van der Waals surface area contributed by atoms with Gasteiger partial charge in [0.05, 0.1) is 12.5 Å². The van der Waals surface area contributed by atoms with Gasteiger partial charge < -0.3 is 20.7 Å². The first kappa shape index (κ1) is 25.6. The number of likely N-dealkylation sites (tertiary alicyclic amines) is 1. The molecule has 1 unspecified atom stereocenters. The first-order valence-electron chi connectivity index (χ1n) is 11.4. The van der Waals surface area contributed by atoms with Gasteiger partial charge in [0.2, 0.25) is 11.8 Å². The number of hydrogen-bond acceptors (Lipinski definition) is 5. The molecule has 0 saturated carbocycles. The normalized spacial score (nSPS) is 17.0. The van der Waals surface area contributed by atoms with Gasteiger partial charge in [-0.15, -0.1) is 0 Å². The highest BCUT2D eigenvalue weighted by atomic mass is 16.6. The largest absolute Gasteiger partial charge is 0.444 e. The van der Waals surface area contributed by atoms with E-state index in [1.54, 1.807) is 20.8 Å². The molecular formula is C24H38N4O4. The minimum atomic E-state index is -0.553. The molecule has 8 heteroatoms. The van der Waals surface area contributed by atoms with E-state index >= 15 is 0 Å². The van der Waals surface area contributed by atoms with E-state index in [9.17, 15) is 14.4 Å². The maximum absolute atomic E-state index is 12.5. The highest BCUT2D eigenvalue weighted by Crippen LogP contribution is 2.18. The summed E-state index contributed by atoms with van der Waals surface area (Å²) in [6.45, 7) is 11.9. The van der Waals surface area contributed by atoms with Crippen LogP contribution in [0, 0.1) is 5.92 Å². The number of anilines is 1. The van der Waals surface area contributed by atoms with Gasteiger partial charge >= 0.3 is 6.09 Å². The van der Waals surface area contributed by atoms with E-state index < -0.39 is 11.7 Å². The average Bonchev–Trinajstić information content (AvgIpc) is 2.70. The van der Waals surface area contributed by atoms with Crippen LogP contribution >= 0.6 is 0 Å². The van der Waals surface area contributed by atoms with Gasteiger partial charge in [-0.05, 0) is 63.8 Å². The number of rotatable bonds is 8. The number of piperidine rings is 1. The van der Waals surface area contributed by atoms with Crippen molar-refractivity contribution in [2.45, 2.75) is 59.0 Å². The van der Waals surface area contributed by atoms with Crippen molar-refractivity contribution < 1.29 is 19.1 Å². The zero-order valence-corrected chi connectivity index (χ0v) is 20.0. The van der Waals surface area contributed by atoms with Crippen LogP contribution in [0.3, 0.4) is 0 Å². The van der Waals surface area contributed by atoms with Crippen LogP contribution in [0.1, 0.15) is 58.9 Å². The van der Waals surface area contributed by atoms with E-state index in [1.807, 2.05) is 29.2 Å². The Morgan fingerprint density at radius 1 is 1.09 bits per heavy atom. The second-order valence-corrected chi connectivity index (χ2v) is 9.62. The SMILES string of the molecule is CC(C)c1ccc(NC(=O)CN2CCCC(C(=O)NCCNC(=O)OC(C)(C)C)C2)cc1. The summed E-state index contributed by atoms with van der Waals surface area (Å²) >= 11 is 0. The van der Waals surface area contributed by atoms with Crippen LogP contribution in [0.5, 0.6) is 0 Å². The first-order valence-corrected chi connectivity index (χ1v) is 11.4. The predicted molar refractivity (Wildman–Crippen MR) is 126 cm³/mol. The molecule has 3 N–H and O–H groups in total. The number of alkyl carbamates (subject to hydrolysis) is 1. The molecule has 1 saturated heterocycles. The Hall–Kier alpha value is -2.61. The quantitative estimate of drug-likeness (QED) is 0.533. The molecule has 1 aliphatic rings. The lowest BCUT2D eigenvalue weighted by atomic mass is 9.97. The summed E-state index contributed by atoms with van der Waals surface area (Å²) in [5, 5.41) is 8.42. The maximum Gasteiger partial charge on any atom is 0.407 e. The molecule has 1 aromatic carbocycles. The molecule has 178 valence electrons. The van der Waals surface area contributed by atoms with Gasteiger partial charge in [-0.1, -0.05) is 26.0 Å². The summed E-state index contributed by atoms with van der Waals surface area (Å²) in [6, 6.07) is 7.90. The Kier molecular flexibility index (Phi) is 9.50. The standard InChI is InChI=1S/C24H38N4O4/c1-17(2)18-8-10-20(11-9-18)27-21(29)16-28-14-6-7-19(15-28)22(30)25-12-13-26-23(31)32-24(3,4)5/h8-11,17,19H,6-7,12-16H2,1-5H3,(H,25,30)(H,26,31)(H,27,29). The number of carbonyl (C=O) groups is 3. The van der Waals surface area contributed by atoms with Gasteiger partial charge in [-0.3, -0.25) is 14.5 Å². The van der Waals surface area contributed by atoms with Gasteiger partial charge in [0.1, 0.15) is 5.60 Å². The predicted octanol–water partition coefficient (Wildman–Crippen LogP) is 3.10. The molecule has 0 aliphatic carbocycles. The van der Waals surface area contributed by atoms with E-state index in [4.69, 9.17) is 4.74 Å². The fourth-order valence-corrected chi connectivity index (χ4v) is 3.58. The smallest absolute Gasteiger partial charge is 0.407 e. The van der Waals surface area contributed by atoms with Gasteiger partial charge in [0.25, 0.3) is 0 Å². The van der Waals surface area contributed by atoms with Gasteiger partial charge in [0.15, 0.2) is 0 Å². The molecule has 2 rings (SSSR count). The van der Waals surface area contributed by atoms with E-state index in [-0.39, 0.29) is 24.3 Å². The second-order valence-electron chi connectivity index (χ2n) is 9.62. The van der Waals surface area contributed by atoms with Crippen LogP contribution in [0.15, 0.2) is 24.3 Å². The highest BCUT2D eigenvalue weighted by molar-refractivity contribution is 5.92. The number of nitrogens with one attached hydrogen (secondary N) is 3. The fourth-order valence-electron chi connectivity index (χ4n) is 3.58. The third-order valence-corrected chi connectivity index (χ3v) is 5.20. The lowest BCUT2D eigenvalue weighted by Crippen LogP contribution is -2.46. The van der Waals surface area contributed by atoms with E-state index in [1.165, 1.54) is 5.56 Å². The van der Waals surface area contributed by atoms with Crippen LogP contribution in [0.2, 0.25) is 0 Å². The fraction of sp³-hybridized carbons (Fsp3) is 0.625. The molecule has 0 radical (unpaired) electrons. The number of benzene rings is 1. The van der Waals surface area contributed by atoms with Crippen LogP contribution in [-0.2, 0) is 14.3 Å². The summed E-state index contributed by atoms with van der Waals surface area (Å²) in [4.78, 5) is 38.6. The molecule has 0 bridgehead atoms. The highest BCUT2D eigenvalue weighted by Gasteiger charge is 2.26. The summed E-state index contributed by atoms with van der Waals surface area (Å²) in [7, 11) is 0. The molecule has 3 amide bonds. The van der Waals surface area contributed by atoms with Crippen molar-refractivity contribution in [1.82, 2.24) is 15.5 Å². The van der Waals surface area contributed by atoms with Crippen molar-refractivity contribution in [2.75, 3.05) is 38.0 Å². The Morgan fingerprint density at radius 2 is 1.75 bits per heavy atom. The van der Waals surface area contributed by atoms with Crippen LogP contribution in [0.25, 0.3) is 0 Å². The van der Waals surface area contributed by atoms with Crippen molar-refractivity contribution in [1.29, 1.82) is 0 Å². The van der Waals surface area contributed by atoms with Crippen LogP contribution in [0.4, 0.5) is 10.5 Å². The summed E-state index contributed by atoms with van der Waals surface area (Å²) < 4.78 is 5.16. The lowest BCUT2D eigenvalue weighted by molar-refractivity contribution is -0.127. The Morgan fingerprint density at radius 3 is 2.38 bits per heavy atom. The van der Waals surface area contributed by atoms with Crippen molar-refractivity contribution in [3.8, 4) is 0 Å². The molecule has 32 heavy (non-hydrogen) atoms. The Labute approximate surface area is 191 Å². The molecule has 1 atom stereocenters. The van der Waals surface area contributed by atoms with Crippen molar-refractivity contribution in [3.05, 3.63) is 29.8 Å². The van der Waals surface area contributed by atoms with Crippen LogP contribution < -0.4 is 16.0 Å². The Bertz CT molecular complexity index is 771. The summed E-state index contributed by atoms with van der Waals surface area (Å²) in [5.41, 5.74) is 1.46. The maximum atomic E-state index is 12.5. The van der Waals surface area contributed by atoms with Gasteiger partial charge in [0, 0.05) is 25.3 Å². The molecule has 1 fully saturated rings. The number of hydrogen-bond donors (Lipinski definition) is 3. The molecule has 1 heterocycles. The number of carbonyl (C=O) groups excluding carboxylic acids is 3. The summed E-state index contributed by atoms with van der Waals surface area (Å²) in [5.74, 6) is 0.156. The third-order valence-electron chi connectivity index (χ3n) is 5.20. The van der Waals surface area contributed by atoms with Gasteiger partial charge in [-0.25, -0.2) is 4.79 Å². The second kappa shape index (κ2) is 11.9. The van der Waals surface area contributed by atoms with Crippen molar-refractivity contribution >= 4 is 23.6 Å². The zero-order chi connectivity index (χ0) is 23.7. The average molecular weight is 447 g/mol. The van der Waals surface area contributed by atoms with Crippen LogP contribution in [-0.4, -0.2) is 61.1 Å². The Balaban J connectivity index is 1.71. The monoisotopic (exact) mass is 446 g/mol. The van der Waals surface area contributed by atoms with E-state index in [2.05, 4.69) is 29.8 Å². The minimum Gasteiger partial charge on any atom is -0.444 e. The van der Waals surface area contributed by atoms with E-state index in [0.717, 1.165) is 25.1 Å². The molecule has 1 aromatic rings. The number of ether oxygens (including phenoxy) is 1. The third kappa shape index (κ3) is 9.26. The molecule has 0 aromatic heterocycles. The van der Waals surface area contributed by atoms with E-state index in [0.29, 0.717) is 25.6 Å². The summed E-state index contributed by atoms with van der Waals surface area (Å²) in [6.07, 6.45) is 1.16. The molecule has 1 aliphatic heterocycles. The zero-order valence-electron chi connectivity index (χ0n) is 20.0. The van der Waals surface area contributed by atoms with Gasteiger partial charge in [-0.2, -0.15) is 0 Å². The topological polar surface area (TPSA) is 99.8 Å². The number of nitrogens with zero attached hydrogens (tertiary/aromatic N) is 1. The van der Waals surface area contributed by atoms with Crippen molar-refractivity contribution in [2.24, 2.45) is 5.92 Å².